The zero-order valence-electron chi connectivity index (χ0n) is 18.6. The van der Waals surface area contributed by atoms with E-state index in [0.717, 1.165) is 24.1 Å². The molecule has 1 aliphatic rings. The molecule has 0 saturated carbocycles. The highest BCUT2D eigenvalue weighted by Gasteiger charge is 2.21. The Morgan fingerprint density at radius 2 is 1.78 bits per heavy atom. The van der Waals surface area contributed by atoms with Gasteiger partial charge in [-0.1, -0.05) is 0 Å². The van der Waals surface area contributed by atoms with E-state index in [1.54, 1.807) is 38.3 Å². The second-order valence-electron chi connectivity index (χ2n) is 7.00. The summed E-state index contributed by atoms with van der Waals surface area (Å²) in [6, 6.07) is 12.3. The van der Waals surface area contributed by atoms with Gasteiger partial charge in [0.25, 0.3) is 5.91 Å². The zero-order valence-corrected chi connectivity index (χ0v) is 18.6. The Bertz CT molecular complexity index is 971. The van der Waals surface area contributed by atoms with Crippen LogP contribution in [0.4, 0.5) is 0 Å². The van der Waals surface area contributed by atoms with Gasteiger partial charge in [-0.3, -0.25) is 4.79 Å². The van der Waals surface area contributed by atoms with E-state index in [2.05, 4.69) is 5.10 Å². The van der Waals surface area contributed by atoms with Crippen molar-refractivity contribution >= 4 is 17.6 Å². The highest BCUT2D eigenvalue weighted by atomic mass is 16.6. The van der Waals surface area contributed by atoms with E-state index in [9.17, 15) is 9.59 Å². The van der Waals surface area contributed by atoms with Gasteiger partial charge < -0.3 is 18.9 Å². The monoisotopic (exact) mass is 440 g/mol. The van der Waals surface area contributed by atoms with Crippen LogP contribution in [0.15, 0.2) is 47.6 Å². The molecule has 0 fully saturated rings. The van der Waals surface area contributed by atoms with Gasteiger partial charge in [0.2, 0.25) is 0 Å². The minimum absolute atomic E-state index is 0.174. The van der Waals surface area contributed by atoms with Crippen molar-refractivity contribution < 1.29 is 28.5 Å². The number of carbonyl (C=O) groups is 2. The number of rotatable bonds is 9. The first-order chi connectivity index (χ1) is 15.5. The lowest BCUT2D eigenvalue weighted by Crippen LogP contribution is -2.32. The number of methoxy groups -OCH3 is 1. The van der Waals surface area contributed by atoms with Gasteiger partial charge in [0.1, 0.15) is 5.75 Å². The number of esters is 1. The minimum Gasteiger partial charge on any atom is -0.493 e. The topological polar surface area (TPSA) is 86.7 Å². The van der Waals surface area contributed by atoms with Gasteiger partial charge in [-0.25, -0.2) is 9.80 Å². The molecule has 8 heteroatoms. The van der Waals surface area contributed by atoms with Crippen LogP contribution >= 0.6 is 0 Å². The average molecular weight is 440 g/mol. The number of benzene rings is 2. The molecule has 1 heterocycles. The van der Waals surface area contributed by atoms with Gasteiger partial charge in [0, 0.05) is 17.7 Å². The van der Waals surface area contributed by atoms with Crippen LogP contribution in [0.5, 0.6) is 17.2 Å². The lowest BCUT2D eigenvalue weighted by molar-refractivity contribution is -0.145. The molecule has 32 heavy (non-hydrogen) atoms. The fraction of sp³-hybridized carbons (Fsp3) is 0.375. The third kappa shape index (κ3) is 5.78. The van der Waals surface area contributed by atoms with Gasteiger partial charge >= 0.3 is 5.97 Å². The van der Waals surface area contributed by atoms with E-state index < -0.39 is 5.97 Å². The second-order valence-corrected chi connectivity index (χ2v) is 7.00. The first kappa shape index (κ1) is 23.1. The Morgan fingerprint density at radius 3 is 2.47 bits per heavy atom. The molecule has 0 spiro atoms. The maximum absolute atomic E-state index is 13.0. The van der Waals surface area contributed by atoms with E-state index in [-0.39, 0.29) is 12.5 Å². The summed E-state index contributed by atoms with van der Waals surface area (Å²) in [4.78, 5) is 24.4. The highest BCUT2D eigenvalue weighted by molar-refractivity contribution is 6.03. The summed E-state index contributed by atoms with van der Waals surface area (Å²) >= 11 is 0. The standard InChI is InChI=1S/C24H28N2O6/c1-4-30-22-15-18(10-13-21(22)29-3)20-7-6-14-26(25-20)24(28)17-8-11-19(12-9-17)32-16-23(27)31-5-2/h8-13,15H,4-7,14,16H2,1-3H3. The normalized spacial score (nSPS) is 13.2. The van der Waals surface area contributed by atoms with Gasteiger partial charge in [-0.2, -0.15) is 5.10 Å². The summed E-state index contributed by atoms with van der Waals surface area (Å²) in [6.45, 7) is 4.84. The van der Waals surface area contributed by atoms with Crippen LogP contribution < -0.4 is 14.2 Å². The third-order valence-corrected chi connectivity index (χ3v) is 4.82. The quantitative estimate of drug-likeness (QED) is 0.553. The molecule has 0 aromatic heterocycles. The van der Waals surface area contributed by atoms with Crippen LogP contribution in [0, 0.1) is 0 Å². The fourth-order valence-electron chi connectivity index (χ4n) is 3.30. The largest absolute Gasteiger partial charge is 0.493 e. The van der Waals surface area contributed by atoms with Crippen molar-refractivity contribution in [3.8, 4) is 17.2 Å². The van der Waals surface area contributed by atoms with Crippen molar-refractivity contribution in [1.29, 1.82) is 0 Å². The SMILES string of the molecule is CCOC(=O)COc1ccc(C(=O)N2CCCC(c3ccc(OC)c(OCC)c3)=N2)cc1. The molecule has 170 valence electrons. The molecule has 0 atom stereocenters. The minimum atomic E-state index is -0.436. The summed E-state index contributed by atoms with van der Waals surface area (Å²) in [5.74, 6) is 1.16. The Labute approximate surface area is 187 Å². The van der Waals surface area contributed by atoms with Gasteiger partial charge in [0.05, 0.1) is 26.0 Å². The molecule has 0 bridgehead atoms. The zero-order chi connectivity index (χ0) is 22.9. The van der Waals surface area contributed by atoms with E-state index in [0.29, 0.717) is 42.6 Å². The van der Waals surface area contributed by atoms with Crippen LogP contribution in [0.3, 0.4) is 0 Å². The molecule has 3 rings (SSSR count). The number of nitrogens with zero attached hydrogens (tertiary/aromatic N) is 2. The van der Waals surface area contributed by atoms with Crippen molar-refractivity contribution in [2.45, 2.75) is 26.7 Å². The first-order valence-corrected chi connectivity index (χ1v) is 10.6. The summed E-state index contributed by atoms with van der Waals surface area (Å²) < 4.78 is 21.2. The first-order valence-electron chi connectivity index (χ1n) is 10.6. The van der Waals surface area contributed by atoms with Crippen molar-refractivity contribution in [2.75, 3.05) is 33.5 Å². The third-order valence-electron chi connectivity index (χ3n) is 4.82. The van der Waals surface area contributed by atoms with Crippen molar-refractivity contribution in [2.24, 2.45) is 5.10 Å². The molecular formula is C24H28N2O6. The Morgan fingerprint density at radius 1 is 1.00 bits per heavy atom. The van der Waals surface area contributed by atoms with E-state index >= 15 is 0 Å². The molecule has 2 aromatic carbocycles. The second kappa shape index (κ2) is 11.2. The number of carbonyl (C=O) groups excluding carboxylic acids is 2. The smallest absolute Gasteiger partial charge is 0.344 e. The summed E-state index contributed by atoms with van der Waals surface area (Å²) in [5.41, 5.74) is 2.21. The maximum atomic E-state index is 13.0. The van der Waals surface area contributed by atoms with Gasteiger partial charge in [0.15, 0.2) is 18.1 Å². The average Bonchev–Trinajstić information content (AvgIpc) is 2.83. The number of hydrogen-bond acceptors (Lipinski definition) is 7. The summed E-state index contributed by atoms with van der Waals surface area (Å²) in [7, 11) is 1.60. The molecule has 2 aromatic rings. The Hall–Kier alpha value is -3.55. The molecule has 0 aliphatic carbocycles. The number of ether oxygens (including phenoxy) is 4. The molecule has 0 N–H and O–H groups in total. The number of amides is 1. The molecule has 0 unspecified atom stereocenters. The predicted octanol–water partition coefficient (Wildman–Crippen LogP) is 3.68. The molecule has 8 nitrogen and oxygen atoms in total. The van der Waals surface area contributed by atoms with Crippen LogP contribution in [0.2, 0.25) is 0 Å². The fourth-order valence-corrected chi connectivity index (χ4v) is 3.30. The number of hydrogen-bond donors (Lipinski definition) is 0. The van der Waals surface area contributed by atoms with E-state index in [1.807, 2.05) is 25.1 Å². The molecule has 1 amide bonds. The van der Waals surface area contributed by atoms with Crippen LogP contribution in [0.1, 0.15) is 42.6 Å². The molecule has 1 aliphatic heterocycles. The van der Waals surface area contributed by atoms with Gasteiger partial charge in [-0.15, -0.1) is 0 Å². The highest BCUT2D eigenvalue weighted by Crippen LogP contribution is 2.29. The van der Waals surface area contributed by atoms with Crippen LogP contribution in [-0.2, 0) is 9.53 Å². The number of hydrazone groups is 1. The van der Waals surface area contributed by atoms with E-state index in [1.165, 1.54) is 5.01 Å². The molecule has 0 radical (unpaired) electrons. The predicted molar refractivity (Wildman–Crippen MR) is 120 cm³/mol. The van der Waals surface area contributed by atoms with Crippen molar-refractivity contribution in [1.82, 2.24) is 5.01 Å². The summed E-state index contributed by atoms with van der Waals surface area (Å²) in [5, 5.41) is 6.08. The Balaban J connectivity index is 1.71. The van der Waals surface area contributed by atoms with Crippen molar-refractivity contribution in [3.05, 3.63) is 53.6 Å². The van der Waals surface area contributed by atoms with Gasteiger partial charge in [-0.05, 0) is 69.2 Å². The lowest BCUT2D eigenvalue weighted by Gasteiger charge is -2.24. The summed E-state index contributed by atoms with van der Waals surface area (Å²) in [6.07, 6.45) is 1.57. The maximum Gasteiger partial charge on any atom is 0.344 e. The molecular weight excluding hydrogens is 412 g/mol. The van der Waals surface area contributed by atoms with E-state index in [4.69, 9.17) is 18.9 Å². The van der Waals surface area contributed by atoms with Crippen LogP contribution in [0.25, 0.3) is 0 Å². The van der Waals surface area contributed by atoms with Crippen molar-refractivity contribution in [3.63, 3.8) is 0 Å². The Kier molecular flexibility index (Phi) is 8.08. The van der Waals surface area contributed by atoms with Crippen LogP contribution in [-0.4, -0.2) is 56.1 Å². The lowest BCUT2D eigenvalue weighted by atomic mass is 10.0. The molecule has 0 saturated heterocycles.